The zero-order valence-corrected chi connectivity index (χ0v) is 36.4. The lowest BCUT2D eigenvalue weighted by atomic mass is 9.80. The first-order chi connectivity index (χ1) is 29.1. The second-order valence-corrected chi connectivity index (χ2v) is 17.8. The van der Waals surface area contributed by atoms with Gasteiger partial charge in [-0.15, -0.1) is 6.58 Å². The average molecular weight is 780 g/mol. The van der Waals surface area contributed by atoms with Crippen LogP contribution in [0.25, 0.3) is 72.0 Å². The lowest BCUT2D eigenvalue weighted by Gasteiger charge is -2.24. The Balaban J connectivity index is 1.15. The molecule has 1 aliphatic carbocycles. The van der Waals surface area contributed by atoms with E-state index in [1.54, 1.807) is 0 Å². The van der Waals surface area contributed by atoms with Gasteiger partial charge >= 0.3 is 0 Å². The maximum absolute atomic E-state index is 4.09. The minimum absolute atomic E-state index is 0.00667. The van der Waals surface area contributed by atoms with E-state index in [-0.39, 0.29) is 5.41 Å². The van der Waals surface area contributed by atoms with Gasteiger partial charge in [0.2, 0.25) is 0 Å². The zero-order valence-electron chi connectivity index (χ0n) is 36.4. The molecule has 0 radical (unpaired) electrons. The van der Waals surface area contributed by atoms with E-state index in [1.807, 2.05) is 0 Å². The molecule has 2 atom stereocenters. The largest absolute Gasteiger partial charge is 0.309 e. The molecule has 1 nitrogen and oxygen atoms in total. The van der Waals surface area contributed by atoms with Crippen molar-refractivity contribution in [3.05, 3.63) is 198 Å². The second-order valence-electron chi connectivity index (χ2n) is 17.8. The van der Waals surface area contributed by atoms with E-state index in [1.165, 1.54) is 105 Å². The van der Waals surface area contributed by atoms with Gasteiger partial charge in [0.1, 0.15) is 0 Å². The van der Waals surface area contributed by atoms with Gasteiger partial charge in [-0.2, -0.15) is 0 Å². The Labute approximate surface area is 357 Å². The lowest BCUT2D eigenvalue weighted by molar-refractivity contribution is 0.660. The number of nitrogens with zero attached hydrogens (tertiary/aromatic N) is 1. The van der Waals surface area contributed by atoms with Gasteiger partial charge in [-0.05, 0) is 153 Å². The Morgan fingerprint density at radius 2 is 1.32 bits per heavy atom. The number of aryl methyl sites for hydroxylation is 1. The topological polar surface area (TPSA) is 4.93 Å². The molecule has 1 aliphatic rings. The third-order valence-corrected chi connectivity index (χ3v) is 13.6. The van der Waals surface area contributed by atoms with E-state index in [4.69, 9.17) is 0 Å². The van der Waals surface area contributed by atoms with Crippen molar-refractivity contribution in [2.45, 2.75) is 79.1 Å². The zero-order chi connectivity index (χ0) is 41.7. The fraction of sp³-hybridized carbons (Fsp3) is 0.220. The summed E-state index contributed by atoms with van der Waals surface area (Å²) in [5, 5.41) is 2.54. The molecule has 0 saturated heterocycles. The normalized spacial score (nSPS) is 14.1. The smallest absolute Gasteiger partial charge is 0.0547 e. The van der Waals surface area contributed by atoms with E-state index in [2.05, 4.69) is 217 Å². The van der Waals surface area contributed by atoms with E-state index in [0.717, 1.165) is 19.3 Å². The van der Waals surface area contributed by atoms with Crippen LogP contribution in [0.2, 0.25) is 0 Å². The molecule has 7 aromatic carbocycles. The van der Waals surface area contributed by atoms with Crippen molar-refractivity contribution in [2.24, 2.45) is 5.92 Å². The van der Waals surface area contributed by atoms with E-state index < -0.39 is 0 Å². The van der Waals surface area contributed by atoms with Crippen LogP contribution in [-0.4, -0.2) is 4.57 Å². The van der Waals surface area contributed by atoms with Crippen LogP contribution in [0.1, 0.15) is 87.3 Å². The molecule has 2 unspecified atom stereocenters. The second kappa shape index (κ2) is 15.8. The predicted octanol–water partition coefficient (Wildman–Crippen LogP) is 16.4. The lowest BCUT2D eigenvalue weighted by Crippen LogP contribution is -2.14. The van der Waals surface area contributed by atoms with Gasteiger partial charge in [-0.3, -0.25) is 0 Å². The van der Waals surface area contributed by atoms with Crippen molar-refractivity contribution in [3.8, 4) is 50.2 Å². The molecule has 298 valence electrons. The molecule has 8 aromatic rings. The molecule has 1 aromatic heterocycles. The van der Waals surface area contributed by atoms with Crippen LogP contribution in [0.5, 0.6) is 0 Å². The van der Waals surface area contributed by atoms with Crippen molar-refractivity contribution in [2.75, 3.05) is 0 Å². The molecule has 1 heteroatoms. The van der Waals surface area contributed by atoms with Crippen LogP contribution in [0.15, 0.2) is 164 Å². The highest BCUT2D eigenvalue weighted by molar-refractivity contribution is 6.10. The average Bonchev–Trinajstić information content (AvgIpc) is 3.73. The Bertz CT molecular complexity index is 2950. The highest BCUT2D eigenvalue weighted by Gasteiger charge is 2.35. The van der Waals surface area contributed by atoms with Crippen molar-refractivity contribution >= 4 is 21.8 Å². The quantitative estimate of drug-likeness (QED) is 0.115. The Morgan fingerprint density at radius 3 is 2.10 bits per heavy atom. The van der Waals surface area contributed by atoms with Gasteiger partial charge in [-0.1, -0.05) is 162 Å². The van der Waals surface area contributed by atoms with Gasteiger partial charge in [0.15, 0.2) is 0 Å². The Kier molecular flexibility index (Phi) is 10.3. The summed E-state index contributed by atoms with van der Waals surface area (Å²) < 4.78 is 2.46. The van der Waals surface area contributed by atoms with Gasteiger partial charge in [-0.25, -0.2) is 0 Å². The van der Waals surface area contributed by atoms with Crippen LogP contribution >= 0.6 is 0 Å². The molecule has 0 fully saturated rings. The summed E-state index contributed by atoms with van der Waals surface area (Å²) in [4.78, 5) is 0. The SMILES string of the molecule is C=CC(C)Cc1cc(-c2ccc3c4ccccc4n(-c4ccc(-c5c(C)ccc(-c6ccc7c(c6)-c6ccccc6C7(C)C)c5C(C)CC)cc4)c3c2)ccc1C/C=C\C. The molecular formula is C59H57N. The molecule has 60 heavy (non-hydrogen) atoms. The van der Waals surface area contributed by atoms with Crippen molar-refractivity contribution in [3.63, 3.8) is 0 Å². The molecular weight excluding hydrogens is 723 g/mol. The molecule has 1 heterocycles. The third-order valence-electron chi connectivity index (χ3n) is 13.6. The molecule has 0 saturated carbocycles. The summed E-state index contributed by atoms with van der Waals surface area (Å²) >= 11 is 0. The van der Waals surface area contributed by atoms with Crippen molar-refractivity contribution < 1.29 is 0 Å². The molecule has 0 aliphatic heterocycles. The summed E-state index contributed by atoms with van der Waals surface area (Å²) in [5.74, 6) is 0.801. The summed E-state index contributed by atoms with van der Waals surface area (Å²) in [7, 11) is 0. The van der Waals surface area contributed by atoms with Gasteiger partial charge in [0, 0.05) is 21.9 Å². The Hall–Kier alpha value is -6.18. The summed E-state index contributed by atoms with van der Waals surface area (Å²) in [6.07, 6.45) is 9.47. The fourth-order valence-electron chi connectivity index (χ4n) is 10.0. The standard InChI is InChI=1S/C59H57N/c1-9-12-17-41-23-24-43(35-46(41)34-38(4)10-2)44-27-32-51-50-19-14-16-21-55(50)60(56(51)37-44)47-29-25-42(26-30-47)57-40(6)22-31-48(58(57)39(5)11-3)45-28-33-54-52(36-45)49-18-13-15-20-53(49)59(54,7)8/h9-10,12-16,18-33,35-39H,2,11,17,34H2,1,3-8H3/b12-9-. The van der Waals surface area contributed by atoms with E-state index in [0.29, 0.717) is 11.8 Å². The summed E-state index contributed by atoms with van der Waals surface area (Å²) in [5.41, 5.74) is 22.5. The van der Waals surface area contributed by atoms with Crippen LogP contribution in [-0.2, 0) is 18.3 Å². The molecule has 0 bridgehead atoms. The van der Waals surface area contributed by atoms with Gasteiger partial charge < -0.3 is 4.57 Å². The number of hydrogen-bond acceptors (Lipinski definition) is 0. The van der Waals surface area contributed by atoms with E-state index >= 15 is 0 Å². The van der Waals surface area contributed by atoms with Crippen LogP contribution in [0.4, 0.5) is 0 Å². The molecule has 9 rings (SSSR count). The minimum Gasteiger partial charge on any atom is -0.309 e. The number of benzene rings is 7. The molecule has 0 N–H and O–H groups in total. The van der Waals surface area contributed by atoms with Gasteiger partial charge in [0.25, 0.3) is 0 Å². The number of fused-ring (bicyclic) bond motifs is 6. The maximum atomic E-state index is 4.09. The first-order valence-corrected chi connectivity index (χ1v) is 22.0. The minimum atomic E-state index is -0.00667. The summed E-state index contributed by atoms with van der Waals surface area (Å²) in [6.45, 7) is 20.2. The van der Waals surface area contributed by atoms with E-state index in [9.17, 15) is 0 Å². The number of allylic oxidation sites excluding steroid dienone is 3. The van der Waals surface area contributed by atoms with Crippen LogP contribution in [0, 0.1) is 12.8 Å². The first kappa shape index (κ1) is 39.3. The fourth-order valence-corrected chi connectivity index (χ4v) is 10.0. The first-order valence-electron chi connectivity index (χ1n) is 22.0. The number of aromatic nitrogens is 1. The molecule has 0 spiro atoms. The maximum Gasteiger partial charge on any atom is 0.0547 e. The number of para-hydroxylation sites is 1. The number of hydrogen-bond donors (Lipinski definition) is 0. The van der Waals surface area contributed by atoms with Crippen molar-refractivity contribution in [1.82, 2.24) is 4.57 Å². The third kappa shape index (κ3) is 6.65. The highest BCUT2D eigenvalue weighted by Crippen LogP contribution is 2.50. The van der Waals surface area contributed by atoms with Crippen molar-refractivity contribution in [1.29, 1.82) is 0 Å². The molecule has 0 amide bonds. The highest BCUT2D eigenvalue weighted by atomic mass is 15.0. The Morgan fingerprint density at radius 1 is 0.633 bits per heavy atom. The predicted molar refractivity (Wildman–Crippen MR) is 260 cm³/mol. The monoisotopic (exact) mass is 779 g/mol. The summed E-state index contributed by atoms with van der Waals surface area (Å²) in [6, 6.07) is 53.2. The van der Waals surface area contributed by atoms with Gasteiger partial charge in [0.05, 0.1) is 11.0 Å². The van der Waals surface area contributed by atoms with Crippen LogP contribution in [0.3, 0.4) is 0 Å². The van der Waals surface area contributed by atoms with Crippen LogP contribution < -0.4 is 0 Å². The number of rotatable bonds is 11.